The van der Waals surface area contributed by atoms with Crippen molar-refractivity contribution >= 4 is 46.2 Å². The second-order valence-corrected chi connectivity index (χ2v) is 7.95. The summed E-state index contributed by atoms with van der Waals surface area (Å²) in [6.07, 6.45) is 7.05. The maximum Gasteiger partial charge on any atom is 0.293 e. The van der Waals surface area contributed by atoms with E-state index in [0.717, 1.165) is 42.3 Å². The first-order valence-electron chi connectivity index (χ1n) is 8.22. The summed E-state index contributed by atoms with van der Waals surface area (Å²) in [5.74, 6) is -0.131. The van der Waals surface area contributed by atoms with Gasteiger partial charge in [0.1, 0.15) is 0 Å². The molecule has 3 rings (SSSR count). The number of rotatable bonds is 5. The van der Waals surface area contributed by atoms with Gasteiger partial charge in [-0.2, -0.15) is 0 Å². The number of amides is 3. The second kappa shape index (κ2) is 7.98. The summed E-state index contributed by atoms with van der Waals surface area (Å²) in [5.41, 5.74) is 0. The Hall–Kier alpha value is -1.60. The first kappa shape index (κ1) is 17.2. The molecule has 24 heavy (non-hydrogen) atoms. The Morgan fingerprint density at radius 3 is 2.79 bits per heavy atom. The van der Waals surface area contributed by atoms with E-state index >= 15 is 0 Å². The highest BCUT2D eigenvalue weighted by Gasteiger charge is 2.34. The molecule has 1 aliphatic heterocycles. The van der Waals surface area contributed by atoms with Crippen LogP contribution in [0.2, 0.25) is 0 Å². The summed E-state index contributed by atoms with van der Waals surface area (Å²) in [6.45, 7) is 0.546. The van der Waals surface area contributed by atoms with Crippen LogP contribution in [0.5, 0.6) is 0 Å². The van der Waals surface area contributed by atoms with Gasteiger partial charge in [0.15, 0.2) is 0 Å². The van der Waals surface area contributed by atoms with E-state index in [1.807, 2.05) is 17.5 Å². The number of nitrogens with one attached hydrogen (secondary N) is 1. The minimum absolute atomic E-state index is 0.0517. The van der Waals surface area contributed by atoms with E-state index in [-0.39, 0.29) is 29.5 Å². The van der Waals surface area contributed by atoms with Gasteiger partial charge in [-0.1, -0.05) is 25.3 Å². The molecule has 1 N–H and O–H groups in total. The monoisotopic (exact) mass is 364 g/mol. The molecule has 2 heterocycles. The fourth-order valence-electron chi connectivity index (χ4n) is 3.00. The van der Waals surface area contributed by atoms with Crippen molar-refractivity contribution in [2.45, 2.75) is 32.1 Å². The summed E-state index contributed by atoms with van der Waals surface area (Å²) < 4.78 is 0. The Labute approximate surface area is 149 Å². The highest BCUT2D eigenvalue weighted by Crippen LogP contribution is 2.32. The van der Waals surface area contributed by atoms with Crippen LogP contribution in [-0.2, 0) is 9.59 Å². The standard InChI is InChI=1S/C17H20N2O3S2/c20-15(12-5-2-1-3-6-12)18-8-9-19-16(21)14(24-17(19)22)11-13-7-4-10-23-13/h4,7,10-12H,1-3,5-6,8-9H2,(H,18,20)/b14-11-. The number of imide groups is 1. The molecule has 1 saturated heterocycles. The second-order valence-electron chi connectivity index (χ2n) is 5.97. The molecule has 3 amide bonds. The SMILES string of the molecule is O=C(NCCN1C(=O)S/C(=C\c2cccs2)C1=O)C1CCCCC1. The van der Waals surface area contributed by atoms with Gasteiger partial charge < -0.3 is 5.32 Å². The van der Waals surface area contributed by atoms with E-state index in [2.05, 4.69) is 5.32 Å². The highest BCUT2D eigenvalue weighted by atomic mass is 32.2. The smallest absolute Gasteiger partial charge is 0.293 e. The Bertz CT molecular complexity index is 649. The predicted molar refractivity (Wildman–Crippen MR) is 96.6 cm³/mol. The number of carbonyl (C=O) groups excluding carboxylic acids is 3. The zero-order valence-electron chi connectivity index (χ0n) is 13.3. The van der Waals surface area contributed by atoms with Gasteiger partial charge in [-0.25, -0.2) is 0 Å². The normalized spacial score (nSPS) is 20.8. The fourth-order valence-corrected chi connectivity index (χ4v) is 4.58. The van der Waals surface area contributed by atoms with Crippen LogP contribution in [0.15, 0.2) is 22.4 Å². The number of thiophene rings is 1. The molecule has 1 aromatic rings. The number of thioether (sulfide) groups is 1. The van der Waals surface area contributed by atoms with E-state index in [1.54, 1.807) is 6.08 Å². The lowest BCUT2D eigenvalue weighted by molar-refractivity contribution is -0.127. The molecular weight excluding hydrogens is 344 g/mol. The average molecular weight is 364 g/mol. The average Bonchev–Trinajstić information content (AvgIpc) is 3.19. The molecule has 0 atom stereocenters. The molecule has 0 aromatic carbocycles. The number of hydrogen-bond acceptors (Lipinski definition) is 5. The minimum Gasteiger partial charge on any atom is -0.354 e. The lowest BCUT2D eigenvalue weighted by Crippen LogP contribution is -2.39. The van der Waals surface area contributed by atoms with Gasteiger partial charge in [0.25, 0.3) is 11.1 Å². The largest absolute Gasteiger partial charge is 0.354 e. The van der Waals surface area contributed by atoms with E-state index in [1.165, 1.54) is 22.7 Å². The van der Waals surface area contributed by atoms with Crippen LogP contribution in [0.25, 0.3) is 6.08 Å². The molecule has 7 heteroatoms. The molecule has 2 aliphatic rings. The Morgan fingerprint density at radius 2 is 2.08 bits per heavy atom. The van der Waals surface area contributed by atoms with E-state index in [4.69, 9.17) is 0 Å². The number of hydrogen-bond donors (Lipinski definition) is 1. The van der Waals surface area contributed by atoms with Crippen molar-refractivity contribution in [1.82, 2.24) is 10.2 Å². The summed E-state index contributed by atoms with van der Waals surface area (Å²) >= 11 is 2.48. The minimum atomic E-state index is -0.273. The third kappa shape index (κ3) is 4.08. The first-order valence-corrected chi connectivity index (χ1v) is 9.91. The van der Waals surface area contributed by atoms with Gasteiger partial charge in [0, 0.05) is 23.9 Å². The molecule has 5 nitrogen and oxygen atoms in total. The van der Waals surface area contributed by atoms with Gasteiger partial charge in [-0.05, 0) is 42.1 Å². The topological polar surface area (TPSA) is 66.5 Å². The summed E-state index contributed by atoms with van der Waals surface area (Å²) in [6, 6.07) is 3.81. The van der Waals surface area contributed by atoms with Crippen LogP contribution >= 0.6 is 23.1 Å². The third-order valence-electron chi connectivity index (χ3n) is 4.30. The van der Waals surface area contributed by atoms with Crippen molar-refractivity contribution in [3.05, 3.63) is 27.3 Å². The van der Waals surface area contributed by atoms with Crippen LogP contribution in [-0.4, -0.2) is 35.0 Å². The van der Waals surface area contributed by atoms with Crippen molar-refractivity contribution in [3.8, 4) is 0 Å². The maximum atomic E-state index is 12.3. The van der Waals surface area contributed by atoms with Crippen LogP contribution in [0.4, 0.5) is 4.79 Å². The number of carbonyl (C=O) groups is 3. The summed E-state index contributed by atoms with van der Waals surface area (Å²) in [4.78, 5) is 39.1. The zero-order valence-corrected chi connectivity index (χ0v) is 15.0. The van der Waals surface area contributed by atoms with E-state index in [9.17, 15) is 14.4 Å². The first-order chi connectivity index (χ1) is 11.6. The van der Waals surface area contributed by atoms with Crippen molar-refractivity contribution in [2.75, 3.05) is 13.1 Å². The third-order valence-corrected chi connectivity index (χ3v) is 6.03. The maximum absolute atomic E-state index is 12.3. The van der Waals surface area contributed by atoms with Gasteiger partial charge in [-0.15, -0.1) is 11.3 Å². The Balaban J connectivity index is 1.51. The van der Waals surface area contributed by atoms with Gasteiger partial charge in [-0.3, -0.25) is 19.3 Å². The quantitative estimate of drug-likeness (QED) is 0.812. The van der Waals surface area contributed by atoms with Gasteiger partial charge in [0.2, 0.25) is 5.91 Å². The Morgan fingerprint density at radius 1 is 1.29 bits per heavy atom. The lowest BCUT2D eigenvalue weighted by Gasteiger charge is -2.21. The summed E-state index contributed by atoms with van der Waals surface area (Å²) in [5, 5.41) is 4.53. The van der Waals surface area contributed by atoms with E-state index < -0.39 is 0 Å². The Kier molecular flexibility index (Phi) is 5.73. The zero-order chi connectivity index (χ0) is 16.9. The van der Waals surface area contributed by atoms with Gasteiger partial charge in [0.05, 0.1) is 4.91 Å². The molecule has 0 spiro atoms. The van der Waals surface area contributed by atoms with Crippen LogP contribution in [0.3, 0.4) is 0 Å². The van der Waals surface area contributed by atoms with E-state index in [0.29, 0.717) is 11.4 Å². The molecule has 0 radical (unpaired) electrons. The molecule has 2 fully saturated rings. The van der Waals surface area contributed by atoms with Crippen LogP contribution < -0.4 is 5.32 Å². The molecule has 128 valence electrons. The van der Waals surface area contributed by atoms with Crippen molar-refractivity contribution in [3.63, 3.8) is 0 Å². The van der Waals surface area contributed by atoms with Crippen LogP contribution in [0.1, 0.15) is 37.0 Å². The van der Waals surface area contributed by atoms with Crippen molar-refractivity contribution < 1.29 is 14.4 Å². The fraction of sp³-hybridized carbons (Fsp3) is 0.471. The van der Waals surface area contributed by atoms with Crippen molar-refractivity contribution in [1.29, 1.82) is 0 Å². The van der Waals surface area contributed by atoms with Crippen LogP contribution in [0, 0.1) is 5.92 Å². The molecule has 1 aromatic heterocycles. The molecule has 0 bridgehead atoms. The predicted octanol–water partition coefficient (Wildman–Crippen LogP) is 3.48. The van der Waals surface area contributed by atoms with Crippen molar-refractivity contribution in [2.24, 2.45) is 5.92 Å². The molecular formula is C17H20N2O3S2. The molecule has 0 unspecified atom stereocenters. The highest BCUT2D eigenvalue weighted by molar-refractivity contribution is 8.18. The lowest BCUT2D eigenvalue weighted by atomic mass is 9.89. The molecule has 1 aliphatic carbocycles. The van der Waals surface area contributed by atoms with Gasteiger partial charge >= 0.3 is 0 Å². The number of nitrogens with zero attached hydrogens (tertiary/aromatic N) is 1. The molecule has 1 saturated carbocycles. The summed E-state index contributed by atoms with van der Waals surface area (Å²) in [7, 11) is 0.